The van der Waals surface area contributed by atoms with Crippen LogP contribution < -0.4 is 10.9 Å². The maximum Gasteiger partial charge on any atom is 0.262 e. The molecule has 1 aromatic carbocycles. The summed E-state index contributed by atoms with van der Waals surface area (Å²) in [7, 11) is 1.72. The molecule has 1 fully saturated rings. The van der Waals surface area contributed by atoms with Crippen molar-refractivity contribution in [3.8, 4) is 0 Å². The number of para-hydroxylation sites is 1. The van der Waals surface area contributed by atoms with E-state index in [2.05, 4.69) is 20.4 Å². The molecule has 0 unspecified atom stereocenters. The molecule has 1 aliphatic heterocycles. The van der Waals surface area contributed by atoms with Gasteiger partial charge in [-0.25, -0.2) is 0 Å². The molecule has 8 heteroatoms. The summed E-state index contributed by atoms with van der Waals surface area (Å²) in [5.74, 6) is 1.42. The van der Waals surface area contributed by atoms with Gasteiger partial charge in [0.15, 0.2) is 5.82 Å². The van der Waals surface area contributed by atoms with E-state index in [4.69, 9.17) is 0 Å². The van der Waals surface area contributed by atoms with E-state index in [1.54, 1.807) is 7.05 Å². The van der Waals surface area contributed by atoms with Gasteiger partial charge in [0, 0.05) is 32.1 Å². The molecule has 3 heterocycles. The number of nitrogens with one attached hydrogen (secondary N) is 1. The Hall–Kier alpha value is -2.74. The monoisotopic (exact) mass is 368 g/mol. The molecule has 0 saturated carbocycles. The lowest BCUT2D eigenvalue weighted by atomic mass is 10.2. The number of fused-ring (bicyclic) bond motifs is 3. The lowest BCUT2D eigenvalue weighted by Gasteiger charge is -2.17. The van der Waals surface area contributed by atoms with Gasteiger partial charge in [-0.1, -0.05) is 26.0 Å². The fourth-order valence-corrected chi connectivity index (χ4v) is 3.66. The maximum absolute atomic E-state index is 12.5. The van der Waals surface area contributed by atoms with Crippen molar-refractivity contribution in [2.75, 3.05) is 13.1 Å². The fraction of sp³-hybridized carbons (Fsp3) is 0.474. The van der Waals surface area contributed by atoms with Crippen molar-refractivity contribution in [1.82, 2.24) is 29.4 Å². The van der Waals surface area contributed by atoms with E-state index in [1.165, 1.54) is 4.57 Å². The minimum atomic E-state index is -0.0744. The smallest absolute Gasteiger partial charge is 0.262 e. The van der Waals surface area contributed by atoms with Gasteiger partial charge in [0.2, 0.25) is 11.7 Å². The SMILES string of the molecule is CC(C)C(=O)N[C@@H]1CCN(Cc2nnc3n(C)c(=O)c4ccccc4n23)C1. The number of aryl methyl sites for hydroxylation is 1. The van der Waals surface area contributed by atoms with Gasteiger partial charge in [0.05, 0.1) is 17.4 Å². The first-order valence-electron chi connectivity index (χ1n) is 9.30. The third kappa shape index (κ3) is 3.10. The second-order valence-corrected chi connectivity index (χ2v) is 7.52. The lowest BCUT2D eigenvalue weighted by Crippen LogP contribution is -2.39. The van der Waals surface area contributed by atoms with Crippen LogP contribution in [-0.4, -0.2) is 49.1 Å². The summed E-state index contributed by atoms with van der Waals surface area (Å²) in [6, 6.07) is 7.70. The number of likely N-dealkylation sites (tertiary alicyclic amines) is 1. The molecule has 1 N–H and O–H groups in total. The van der Waals surface area contributed by atoms with Crippen molar-refractivity contribution in [3.05, 3.63) is 40.4 Å². The molecule has 1 amide bonds. The molecule has 0 aliphatic carbocycles. The average Bonchev–Trinajstić information content (AvgIpc) is 3.27. The minimum absolute atomic E-state index is 0.00728. The van der Waals surface area contributed by atoms with Crippen LogP contribution in [0.5, 0.6) is 0 Å². The highest BCUT2D eigenvalue weighted by molar-refractivity contribution is 5.80. The van der Waals surface area contributed by atoms with E-state index in [1.807, 2.05) is 42.5 Å². The number of aromatic nitrogens is 4. The first-order valence-corrected chi connectivity index (χ1v) is 9.30. The van der Waals surface area contributed by atoms with Crippen LogP contribution in [0, 0.1) is 5.92 Å². The summed E-state index contributed by atoms with van der Waals surface area (Å²) < 4.78 is 3.49. The predicted molar refractivity (Wildman–Crippen MR) is 102 cm³/mol. The van der Waals surface area contributed by atoms with Gasteiger partial charge in [0.1, 0.15) is 0 Å². The molecule has 8 nitrogen and oxygen atoms in total. The summed E-state index contributed by atoms with van der Waals surface area (Å²) >= 11 is 0. The highest BCUT2D eigenvalue weighted by Gasteiger charge is 2.26. The Labute approximate surface area is 156 Å². The Morgan fingerprint density at radius 1 is 1.30 bits per heavy atom. The van der Waals surface area contributed by atoms with E-state index in [9.17, 15) is 9.59 Å². The molecule has 3 aromatic rings. The standard InChI is InChI=1S/C19H24N6O2/c1-12(2)17(26)20-13-8-9-24(10-13)11-16-21-22-19-23(3)18(27)14-6-4-5-7-15(14)25(16)19/h4-7,12-13H,8-11H2,1-3H3,(H,20,26)/t13-/m1/s1. The zero-order valence-electron chi connectivity index (χ0n) is 15.8. The summed E-state index contributed by atoms with van der Waals surface area (Å²) in [5, 5.41) is 12.3. The molecule has 1 saturated heterocycles. The first-order chi connectivity index (χ1) is 13.0. The van der Waals surface area contributed by atoms with Crippen LogP contribution in [0.25, 0.3) is 16.7 Å². The highest BCUT2D eigenvalue weighted by atomic mass is 16.2. The highest BCUT2D eigenvalue weighted by Crippen LogP contribution is 2.17. The number of nitrogens with zero attached hydrogens (tertiary/aromatic N) is 5. The summed E-state index contributed by atoms with van der Waals surface area (Å²) in [4.78, 5) is 26.7. The Kier molecular flexibility index (Phi) is 4.43. The van der Waals surface area contributed by atoms with Crippen LogP contribution in [0.4, 0.5) is 0 Å². The van der Waals surface area contributed by atoms with E-state index in [-0.39, 0.29) is 23.4 Å². The Morgan fingerprint density at radius 3 is 2.85 bits per heavy atom. The molecule has 0 radical (unpaired) electrons. The molecule has 142 valence electrons. The second-order valence-electron chi connectivity index (χ2n) is 7.52. The van der Waals surface area contributed by atoms with Crippen molar-refractivity contribution in [2.45, 2.75) is 32.9 Å². The van der Waals surface area contributed by atoms with Gasteiger partial charge in [-0.3, -0.25) is 23.5 Å². The third-order valence-electron chi connectivity index (χ3n) is 5.20. The molecule has 0 spiro atoms. The number of amides is 1. The molecule has 27 heavy (non-hydrogen) atoms. The van der Waals surface area contributed by atoms with Gasteiger partial charge in [-0.2, -0.15) is 0 Å². The van der Waals surface area contributed by atoms with Crippen molar-refractivity contribution in [1.29, 1.82) is 0 Å². The van der Waals surface area contributed by atoms with Crippen molar-refractivity contribution in [2.24, 2.45) is 13.0 Å². The zero-order chi connectivity index (χ0) is 19.1. The van der Waals surface area contributed by atoms with Gasteiger partial charge < -0.3 is 5.32 Å². The fourth-order valence-electron chi connectivity index (χ4n) is 3.66. The number of hydrogen-bond donors (Lipinski definition) is 1. The zero-order valence-corrected chi connectivity index (χ0v) is 15.8. The van der Waals surface area contributed by atoms with E-state index < -0.39 is 0 Å². The number of hydrogen-bond acceptors (Lipinski definition) is 5. The Bertz CT molecular complexity index is 1070. The van der Waals surface area contributed by atoms with Gasteiger partial charge in [-0.05, 0) is 18.6 Å². The van der Waals surface area contributed by atoms with Crippen LogP contribution >= 0.6 is 0 Å². The number of rotatable bonds is 4. The number of carbonyl (C=O) groups excluding carboxylic acids is 1. The van der Waals surface area contributed by atoms with Gasteiger partial charge >= 0.3 is 0 Å². The minimum Gasteiger partial charge on any atom is -0.352 e. The molecule has 2 aromatic heterocycles. The van der Waals surface area contributed by atoms with Crippen LogP contribution in [0.1, 0.15) is 26.1 Å². The molecule has 1 aliphatic rings. The van der Waals surface area contributed by atoms with Gasteiger partial charge in [0.25, 0.3) is 5.56 Å². The van der Waals surface area contributed by atoms with Crippen LogP contribution in [0.2, 0.25) is 0 Å². The molecule has 0 bridgehead atoms. The number of benzene rings is 1. The molecule has 1 atom stereocenters. The maximum atomic E-state index is 12.5. The van der Waals surface area contributed by atoms with E-state index >= 15 is 0 Å². The topological polar surface area (TPSA) is 84.5 Å². The van der Waals surface area contributed by atoms with Gasteiger partial charge in [-0.15, -0.1) is 10.2 Å². The van der Waals surface area contributed by atoms with E-state index in [0.717, 1.165) is 30.9 Å². The van der Waals surface area contributed by atoms with E-state index in [0.29, 0.717) is 17.7 Å². The Morgan fingerprint density at radius 2 is 2.07 bits per heavy atom. The Balaban J connectivity index is 1.62. The molecular formula is C19H24N6O2. The summed E-state index contributed by atoms with van der Waals surface area (Å²) in [5.41, 5.74) is 0.745. The predicted octanol–water partition coefficient (Wildman–Crippen LogP) is 0.928. The van der Waals surface area contributed by atoms with Crippen molar-refractivity contribution >= 4 is 22.6 Å². The molecule has 4 rings (SSSR count). The average molecular weight is 368 g/mol. The van der Waals surface area contributed by atoms with Crippen molar-refractivity contribution in [3.63, 3.8) is 0 Å². The largest absolute Gasteiger partial charge is 0.352 e. The van der Waals surface area contributed by atoms with Crippen molar-refractivity contribution < 1.29 is 4.79 Å². The number of carbonyl (C=O) groups is 1. The summed E-state index contributed by atoms with van der Waals surface area (Å²) in [6.45, 7) is 6.11. The van der Waals surface area contributed by atoms with Crippen LogP contribution in [-0.2, 0) is 18.4 Å². The normalized spacial score (nSPS) is 18.0. The van der Waals surface area contributed by atoms with Crippen LogP contribution in [0.3, 0.4) is 0 Å². The lowest BCUT2D eigenvalue weighted by molar-refractivity contribution is -0.124. The molecular weight excluding hydrogens is 344 g/mol. The summed E-state index contributed by atoms with van der Waals surface area (Å²) in [6.07, 6.45) is 0.925. The van der Waals surface area contributed by atoms with Crippen LogP contribution in [0.15, 0.2) is 29.1 Å². The second kappa shape index (κ2) is 6.77. The quantitative estimate of drug-likeness (QED) is 0.741. The third-order valence-corrected chi connectivity index (χ3v) is 5.20. The first kappa shape index (κ1) is 17.7.